The van der Waals surface area contributed by atoms with E-state index >= 15 is 0 Å². The summed E-state index contributed by atoms with van der Waals surface area (Å²) >= 11 is 12.4. The molecule has 0 aliphatic carbocycles. The molecule has 0 radical (unpaired) electrons. The molecule has 0 bridgehead atoms. The number of oxazole rings is 1. The zero-order valence-corrected chi connectivity index (χ0v) is 18.8. The molecule has 4 nitrogen and oxygen atoms in total. The van der Waals surface area contributed by atoms with Crippen molar-refractivity contribution < 1.29 is 4.42 Å². The zero-order valence-electron chi connectivity index (χ0n) is 17.3. The van der Waals surface area contributed by atoms with E-state index in [9.17, 15) is 0 Å². The minimum absolute atomic E-state index is 0.520. The molecule has 6 heteroatoms. The van der Waals surface area contributed by atoms with Crippen LogP contribution in [0.4, 0.5) is 11.4 Å². The summed E-state index contributed by atoms with van der Waals surface area (Å²) in [6.45, 7) is 0. The quantitative estimate of drug-likeness (QED) is 0.243. The van der Waals surface area contributed by atoms with Crippen LogP contribution in [0.15, 0.2) is 105 Å². The third-order valence-electron chi connectivity index (χ3n) is 4.98. The first-order valence-electron chi connectivity index (χ1n) is 10.2. The number of hydrogen-bond donors (Lipinski definition) is 0. The van der Waals surface area contributed by atoms with Gasteiger partial charge in [0.15, 0.2) is 5.58 Å². The molecule has 0 aliphatic rings. The molecule has 160 valence electrons. The number of hydrogen-bond acceptors (Lipinski definition) is 4. The summed E-state index contributed by atoms with van der Waals surface area (Å²) in [7, 11) is 0. The molecule has 0 saturated carbocycles. The van der Waals surface area contributed by atoms with Crippen molar-refractivity contribution in [2.45, 2.75) is 0 Å². The van der Waals surface area contributed by atoms with Gasteiger partial charge in [-0.3, -0.25) is 9.98 Å². The molecule has 0 amide bonds. The number of benzene rings is 4. The van der Waals surface area contributed by atoms with Crippen LogP contribution in [0.1, 0.15) is 11.1 Å². The van der Waals surface area contributed by atoms with Crippen molar-refractivity contribution in [3.63, 3.8) is 0 Å². The van der Waals surface area contributed by atoms with E-state index < -0.39 is 0 Å². The molecule has 0 atom stereocenters. The van der Waals surface area contributed by atoms with Gasteiger partial charge in [0.2, 0.25) is 5.89 Å². The Hall–Kier alpha value is -3.73. The fourth-order valence-electron chi connectivity index (χ4n) is 3.28. The van der Waals surface area contributed by atoms with Gasteiger partial charge in [0.25, 0.3) is 0 Å². The third-order valence-corrected chi connectivity index (χ3v) is 5.67. The lowest BCUT2D eigenvalue weighted by Crippen LogP contribution is -1.82. The third kappa shape index (κ3) is 4.87. The Labute approximate surface area is 200 Å². The second kappa shape index (κ2) is 9.41. The van der Waals surface area contributed by atoms with Gasteiger partial charge in [0.1, 0.15) is 5.52 Å². The fourth-order valence-corrected chi connectivity index (χ4v) is 3.65. The number of nitrogens with zero attached hydrogens (tertiary/aromatic N) is 3. The summed E-state index contributed by atoms with van der Waals surface area (Å²) in [5, 5.41) is 1.31. The van der Waals surface area contributed by atoms with Crippen molar-refractivity contribution in [1.82, 2.24) is 4.98 Å². The van der Waals surface area contributed by atoms with E-state index in [-0.39, 0.29) is 0 Å². The summed E-state index contributed by atoms with van der Waals surface area (Å²) in [5.74, 6) is 0.520. The molecular weight excluding hydrogens is 453 g/mol. The molecule has 4 aromatic carbocycles. The number of aromatic nitrogens is 1. The molecule has 33 heavy (non-hydrogen) atoms. The highest BCUT2D eigenvalue weighted by atomic mass is 35.5. The van der Waals surface area contributed by atoms with E-state index in [0.717, 1.165) is 33.6 Å². The van der Waals surface area contributed by atoms with Crippen LogP contribution in [0.3, 0.4) is 0 Å². The Morgan fingerprint density at radius 2 is 1.30 bits per heavy atom. The van der Waals surface area contributed by atoms with Gasteiger partial charge in [-0.05, 0) is 42.5 Å². The summed E-state index contributed by atoms with van der Waals surface area (Å²) in [5.41, 5.74) is 5.49. The van der Waals surface area contributed by atoms with Crippen LogP contribution in [0.2, 0.25) is 10.0 Å². The van der Waals surface area contributed by atoms with Crippen LogP contribution in [-0.2, 0) is 0 Å². The van der Waals surface area contributed by atoms with Gasteiger partial charge in [0, 0.05) is 45.2 Å². The maximum Gasteiger partial charge on any atom is 0.227 e. The maximum atomic E-state index is 6.21. The molecule has 0 spiro atoms. The molecular formula is C27H17Cl2N3O. The van der Waals surface area contributed by atoms with Gasteiger partial charge in [-0.1, -0.05) is 65.7 Å². The molecule has 0 unspecified atom stereocenters. The van der Waals surface area contributed by atoms with Crippen LogP contribution in [-0.4, -0.2) is 17.4 Å². The van der Waals surface area contributed by atoms with Gasteiger partial charge in [-0.25, -0.2) is 4.98 Å². The van der Waals surface area contributed by atoms with Gasteiger partial charge in [0.05, 0.1) is 11.4 Å². The lowest BCUT2D eigenvalue weighted by molar-refractivity contribution is 0.620. The van der Waals surface area contributed by atoms with Crippen molar-refractivity contribution in [2.24, 2.45) is 9.98 Å². The SMILES string of the molecule is Clc1ccccc1C=Nc1cccc(-c2nc3ccc(N=Cc4ccccc4Cl)cc3o2)c1. The normalized spacial score (nSPS) is 11.7. The lowest BCUT2D eigenvalue weighted by atomic mass is 10.2. The molecule has 0 N–H and O–H groups in total. The molecule has 5 rings (SSSR count). The monoisotopic (exact) mass is 469 g/mol. The number of aliphatic imine (C=N–C) groups is 2. The van der Waals surface area contributed by atoms with Crippen molar-refractivity contribution >= 4 is 58.1 Å². The first kappa shape index (κ1) is 21.1. The van der Waals surface area contributed by atoms with Crippen molar-refractivity contribution in [3.05, 3.63) is 112 Å². The van der Waals surface area contributed by atoms with E-state index in [2.05, 4.69) is 15.0 Å². The minimum Gasteiger partial charge on any atom is -0.436 e. The molecule has 0 fully saturated rings. The van der Waals surface area contributed by atoms with E-state index in [4.69, 9.17) is 27.6 Å². The lowest BCUT2D eigenvalue weighted by Gasteiger charge is -1.99. The molecule has 0 aliphatic heterocycles. The van der Waals surface area contributed by atoms with Gasteiger partial charge in [-0.2, -0.15) is 0 Å². The molecule has 5 aromatic rings. The van der Waals surface area contributed by atoms with Gasteiger partial charge >= 0.3 is 0 Å². The standard InChI is InChI=1S/C27H17Cl2N3O/c28-23-10-3-1-6-19(23)16-30-21-9-5-8-18(14-21)27-32-25-13-12-22(15-26(25)33-27)31-17-20-7-2-4-11-24(20)29/h1-17H. The summed E-state index contributed by atoms with van der Waals surface area (Å²) in [4.78, 5) is 13.7. The predicted octanol–water partition coefficient (Wildman–Crippen LogP) is 8.30. The smallest absolute Gasteiger partial charge is 0.227 e. The van der Waals surface area contributed by atoms with Gasteiger partial charge < -0.3 is 4.42 Å². The average molecular weight is 470 g/mol. The van der Waals surface area contributed by atoms with Gasteiger partial charge in [-0.15, -0.1) is 0 Å². The molecule has 1 heterocycles. The Morgan fingerprint density at radius 3 is 1.97 bits per heavy atom. The van der Waals surface area contributed by atoms with Crippen LogP contribution in [0, 0.1) is 0 Å². The maximum absolute atomic E-state index is 6.21. The number of halogens is 2. The second-order valence-corrected chi connectivity index (χ2v) is 8.10. The van der Waals surface area contributed by atoms with E-state index in [1.165, 1.54) is 0 Å². The van der Waals surface area contributed by atoms with Crippen LogP contribution in [0.25, 0.3) is 22.6 Å². The first-order chi connectivity index (χ1) is 16.2. The molecule has 0 saturated heterocycles. The van der Waals surface area contributed by atoms with Crippen molar-refractivity contribution in [1.29, 1.82) is 0 Å². The van der Waals surface area contributed by atoms with Crippen molar-refractivity contribution in [2.75, 3.05) is 0 Å². The highest BCUT2D eigenvalue weighted by Gasteiger charge is 2.09. The van der Waals surface area contributed by atoms with Crippen LogP contribution >= 0.6 is 23.2 Å². The van der Waals surface area contributed by atoms with E-state index in [1.54, 1.807) is 12.4 Å². The fraction of sp³-hybridized carbons (Fsp3) is 0. The summed E-state index contributed by atoms with van der Waals surface area (Å²) in [6, 6.07) is 28.5. The highest BCUT2D eigenvalue weighted by Crippen LogP contribution is 2.29. The molecule has 1 aromatic heterocycles. The predicted molar refractivity (Wildman–Crippen MR) is 137 cm³/mol. The topological polar surface area (TPSA) is 50.8 Å². The number of fused-ring (bicyclic) bond motifs is 1. The highest BCUT2D eigenvalue weighted by molar-refractivity contribution is 6.33. The van der Waals surface area contributed by atoms with Crippen LogP contribution < -0.4 is 0 Å². The summed E-state index contributed by atoms with van der Waals surface area (Å²) in [6.07, 6.45) is 3.48. The minimum atomic E-state index is 0.520. The zero-order chi connectivity index (χ0) is 22.6. The number of rotatable bonds is 5. The Morgan fingerprint density at radius 1 is 0.667 bits per heavy atom. The van der Waals surface area contributed by atoms with E-state index in [1.807, 2.05) is 91.0 Å². The van der Waals surface area contributed by atoms with E-state index in [0.29, 0.717) is 21.5 Å². The Bertz CT molecular complexity index is 1500. The van der Waals surface area contributed by atoms with Crippen LogP contribution in [0.5, 0.6) is 0 Å². The Kier molecular flexibility index (Phi) is 6.03. The largest absolute Gasteiger partial charge is 0.436 e. The second-order valence-electron chi connectivity index (χ2n) is 7.28. The first-order valence-corrected chi connectivity index (χ1v) is 11.0. The Balaban J connectivity index is 1.41. The summed E-state index contributed by atoms with van der Waals surface area (Å²) < 4.78 is 6.02. The van der Waals surface area contributed by atoms with Crippen molar-refractivity contribution in [3.8, 4) is 11.5 Å². The average Bonchev–Trinajstić information content (AvgIpc) is 3.27.